The highest BCUT2D eigenvalue weighted by Crippen LogP contribution is 2.44. The van der Waals surface area contributed by atoms with Gasteiger partial charge in [-0.2, -0.15) is 0 Å². The molecule has 2 aromatic rings. The van der Waals surface area contributed by atoms with E-state index in [1.807, 2.05) is 16.8 Å². The topological polar surface area (TPSA) is 46.3 Å². The average Bonchev–Trinajstić information content (AvgIpc) is 3.06. The molecule has 0 unspecified atom stereocenters. The summed E-state index contributed by atoms with van der Waals surface area (Å²) >= 11 is 0. The molecule has 1 saturated heterocycles. The zero-order valence-electron chi connectivity index (χ0n) is 11.1. The van der Waals surface area contributed by atoms with Crippen LogP contribution in [0.2, 0.25) is 0 Å². The van der Waals surface area contributed by atoms with Crippen LogP contribution in [0.4, 0.5) is 5.82 Å². The number of nitrogens with zero attached hydrogens (tertiary/aromatic N) is 5. The Morgan fingerprint density at radius 1 is 1.11 bits per heavy atom. The normalized spacial score (nSPS) is 22.4. The van der Waals surface area contributed by atoms with Crippen LogP contribution in [0, 0.1) is 5.41 Å². The third-order valence-corrected chi connectivity index (χ3v) is 4.85. The van der Waals surface area contributed by atoms with E-state index < -0.39 is 0 Å². The van der Waals surface area contributed by atoms with Crippen molar-refractivity contribution in [2.45, 2.75) is 38.5 Å². The number of anilines is 1. The Kier molecular flexibility index (Phi) is 2.47. The zero-order valence-corrected chi connectivity index (χ0v) is 11.1. The van der Waals surface area contributed by atoms with E-state index in [1.165, 1.54) is 38.5 Å². The van der Waals surface area contributed by atoms with Crippen LogP contribution < -0.4 is 4.90 Å². The van der Waals surface area contributed by atoms with Gasteiger partial charge in [0, 0.05) is 25.5 Å². The molecule has 1 spiro atoms. The molecule has 1 saturated carbocycles. The van der Waals surface area contributed by atoms with Crippen molar-refractivity contribution in [1.29, 1.82) is 0 Å². The first kappa shape index (κ1) is 11.2. The van der Waals surface area contributed by atoms with Gasteiger partial charge >= 0.3 is 0 Å². The van der Waals surface area contributed by atoms with Gasteiger partial charge in [0.1, 0.15) is 6.33 Å². The molecule has 0 radical (unpaired) electrons. The predicted octanol–water partition coefficient (Wildman–Crippen LogP) is 2.28. The van der Waals surface area contributed by atoms with Crippen molar-refractivity contribution in [1.82, 2.24) is 19.6 Å². The Bertz CT molecular complexity index is 584. The van der Waals surface area contributed by atoms with Gasteiger partial charge in [-0.1, -0.05) is 19.3 Å². The summed E-state index contributed by atoms with van der Waals surface area (Å²) in [5, 5.41) is 8.19. The van der Waals surface area contributed by atoms with Crippen molar-refractivity contribution in [3.8, 4) is 0 Å². The smallest absolute Gasteiger partial charge is 0.203 e. The molecule has 0 aromatic carbocycles. The molecule has 1 aliphatic heterocycles. The standard InChI is InChI=1S/C14H19N5/c1-2-4-14(5-3-1)6-8-18(10-14)12-13-17-16-11-19(13)9-7-15-12/h7,9,11H,1-6,8,10H2. The Balaban J connectivity index is 1.65. The molecule has 100 valence electrons. The molecule has 3 heterocycles. The molecule has 4 rings (SSSR count). The zero-order chi connectivity index (χ0) is 12.7. The molecule has 5 nitrogen and oxygen atoms in total. The fraction of sp³-hybridized carbons (Fsp3) is 0.643. The molecule has 0 N–H and O–H groups in total. The summed E-state index contributed by atoms with van der Waals surface area (Å²) in [5.74, 6) is 1.00. The van der Waals surface area contributed by atoms with E-state index >= 15 is 0 Å². The lowest BCUT2D eigenvalue weighted by Gasteiger charge is -2.33. The minimum absolute atomic E-state index is 0.548. The minimum Gasteiger partial charge on any atom is -0.353 e. The van der Waals surface area contributed by atoms with Crippen LogP contribution in [0.25, 0.3) is 5.65 Å². The fourth-order valence-corrected chi connectivity index (χ4v) is 3.79. The van der Waals surface area contributed by atoms with Gasteiger partial charge in [-0.05, 0) is 24.7 Å². The van der Waals surface area contributed by atoms with Crippen LogP contribution in [0.1, 0.15) is 38.5 Å². The number of aromatic nitrogens is 4. The van der Waals surface area contributed by atoms with Crippen LogP contribution in [0.5, 0.6) is 0 Å². The number of hydrogen-bond donors (Lipinski definition) is 0. The summed E-state index contributed by atoms with van der Waals surface area (Å²) in [6.07, 6.45) is 13.8. The van der Waals surface area contributed by atoms with E-state index in [2.05, 4.69) is 20.1 Å². The molecule has 5 heteroatoms. The lowest BCUT2D eigenvalue weighted by atomic mass is 9.73. The second-order valence-corrected chi connectivity index (χ2v) is 6.04. The van der Waals surface area contributed by atoms with Crippen LogP contribution in [0.3, 0.4) is 0 Å². The highest BCUT2D eigenvalue weighted by molar-refractivity contribution is 5.63. The van der Waals surface area contributed by atoms with Crippen LogP contribution in [0.15, 0.2) is 18.7 Å². The molecule has 2 aliphatic rings. The Labute approximate surface area is 112 Å². The van der Waals surface area contributed by atoms with Gasteiger partial charge in [0.25, 0.3) is 0 Å². The first-order valence-electron chi connectivity index (χ1n) is 7.26. The average molecular weight is 257 g/mol. The van der Waals surface area contributed by atoms with E-state index in [1.54, 1.807) is 6.33 Å². The molecule has 0 atom stereocenters. The predicted molar refractivity (Wildman–Crippen MR) is 73.1 cm³/mol. The van der Waals surface area contributed by atoms with Gasteiger partial charge < -0.3 is 4.90 Å². The maximum Gasteiger partial charge on any atom is 0.203 e. The Morgan fingerprint density at radius 2 is 2.00 bits per heavy atom. The fourth-order valence-electron chi connectivity index (χ4n) is 3.79. The van der Waals surface area contributed by atoms with E-state index in [-0.39, 0.29) is 0 Å². The third-order valence-electron chi connectivity index (χ3n) is 4.85. The maximum absolute atomic E-state index is 4.54. The summed E-state index contributed by atoms with van der Waals surface area (Å²) in [7, 11) is 0. The van der Waals surface area contributed by atoms with Crippen molar-refractivity contribution in [3.63, 3.8) is 0 Å². The third kappa shape index (κ3) is 1.79. The van der Waals surface area contributed by atoms with E-state index in [9.17, 15) is 0 Å². The molecular formula is C14H19N5. The quantitative estimate of drug-likeness (QED) is 0.786. The number of fused-ring (bicyclic) bond motifs is 1. The molecule has 19 heavy (non-hydrogen) atoms. The lowest BCUT2D eigenvalue weighted by molar-refractivity contribution is 0.219. The second-order valence-electron chi connectivity index (χ2n) is 6.04. The highest BCUT2D eigenvalue weighted by atomic mass is 15.3. The molecule has 1 aliphatic carbocycles. The Morgan fingerprint density at radius 3 is 2.89 bits per heavy atom. The second kappa shape index (κ2) is 4.18. The summed E-state index contributed by atoms with van der Waals surface area (Å²) in [6, 6.07) is 0. The van der Waals surface area contributed by atoms with Crippen molar-refractivity contribution in [2.24, 2.45) is 5.41 Å². The molecule has 2 fully saturated rings. The van der Waals surface area contributed by atoms with Gasteiger partial charge in [0.15, 0.2) is 5.82 Å². The number of hydrogen-bond acceptors (Lipinski definition) is 4. The molecule has 0 amide bonds. The van der Waals surface area contributed by atoms with E-state index in [4.69, 9.17) is 0 Å². The molecular weight excluding hydrogens is 238 g/mol. The van der Waals surface area contributed by atoms with Crippen molar-refractivity contribution in [2.75, 3.05) is 18.0 Å². The summed E-state index contributed by atoms with van der Waals surface area (Å²) in [4.78, 5) is 6.95. The van der Waals surface area contributed by atoms with E-state index in [0.717, 1.165) is 24.6 Å². The van der Waals surface area contributed by atoms with Gasteiger partial charge in [-0.3, -0.25) is 4.40 Å². The van der Waals surface area contributed by atoms with Crippen molar-refractivity contribution in [3.05, 3.63) is 18.7 Å². The molecule has 2 aromatic heterocycles. The first-order chi connectivity index (χ1) is 9.36. The van der Waals surface area contributed by atoms with Crippen LogP contribution in [-0.4, -0.2) is 32.7 Å². The van der Waals surface area contributed by atoms with E-state index in [0.29, 0.717) is 5.41 Å². The van der Waals surface area contributed by atoms with Gasteiger partial charge in [-0.15, -0.1) is 10.2 Å². The van der Waals surface area contributed by atoms with Gasteiger partial charge in [0.05, 0.1) is 0 Å². The lowest BCUT2D eigenvalue weighted by Crippen LogP contribution is -2.29. The summed E-state index contributed by atoms with van der Waals surface area (Å²) in [6.45, 7) is 2.26. The Hall–Kier alpha value is -1.65. The largest absolute Gasteiger partial charge is 0.353 e. The summed E-state index contributed by atoms with van der Waals surface area (Å²) < 4.78 is 1.95. The molecule has 0 bridgehead atoms. The van der Waals surface area contributed by atoms with Crippen molar-refractivity contribution >= 4 is 11.5 Å². The highest BCUT2D eigenvalue weighted by Gasteiger charge is 2.39. The van der Waals surface area contributed by atoms with Crippen LogP contribution in [-0.2, 0) is 0 Å². The summed E-state index contributed by atoms with van der Waals surface area (Å²) in [5.41, 5.74) is 1.43. The SMILES string of the molecule is c1cn2cnnc2c(N2CCC3(CCCCC3)C2)n1. The van der Waals surface area contributed by atoms with Gasteiger partial charge in [0.2, 0.25) is 5.65 Å². The monoisotopic (exact) mass is 257 g/mol. The first-order valence-corrected chi connectivity index (χ1v) is 7.26. The van der Waals surface area contributed by atoms with Crippen molar-refractivity contribution < 1.29 is 0 Å². The van der Waals surface area contributed by atoms with Crippen LogP contribution >= 0.6 is 0 Å². The van der Waals surface area contributed by atoms with Gasteiger partial charge in [-0.25, -0.2) is 4.98 Å². The maximum atomic E-state index is 4.54. The minimum atomic E-state index is 0.548. The number of rotatable bonds is 1.